The number of carbonyl (C=O) groups excluding carboxylic acids is 2. The van der Waals surface area contributed by atoms with E-state index < -0.39 is 0 Å². The molecule has 2 aliphatic heterocycles. The van der Waals surface area contributed by atoms with Crippen LogP contribution in [0, 0.1) is 0 Å². The minimum atomic E-state index is -0.215. The summed E-state index contributed by atoms with van der Waals surface area (Å²) in [7, 11) is 3.12. The smallest absolute Gasteiger partial charge is 0.261 e. The number of thioether (sulfide) groups is 1. The molecule has 0 bridgehead atoms. The summed E-state index contributed by atoms with van der Waals surface area (Å²) >= 11 is 1.73. The number of methoxy groups -OCH3 is 2. The van der Waals surface area contributed by atoms with Gasteiger partial charge in [-0.25, -0.2) is 0 Å². The lowest BCUT2D eigenvalue weighted by molar-refractivity contribution is -0.131. The van der Waals surface area contributed by atoms with Crippen LogP contribution in [-0.4, -0.2) is 66.1 Å². The van der Waals surface area contributed by atoms with Crippen LogP contribution in [0.4, 0.5) is 0 Å². The van der Waals surface area contributed by atoms with E-state index in [4.69, 9.17) is 9.47 Å². The Kier molecular flexibility index (Phi) is 6.41. The van der Waals surface area contributed by atoms with E-state index in [2.05, 4.69) is 17.0 Å². The summed E-state index contributed by atoms with van der Waals surface area (Å²) in [6.07, 6.45) is 2.37. The van der Waals surface area contributed by atoms with E-state index in [0.29, 0.717) is 42.4 Å². The Labute approximate surface area is 187 Å². The molecule has 2 aromatic rings. The van der Waals surface area contributed by atoms with Gasteiger partial charge in [0.1, 0.15) is 17.1 Å². The summed E-state index contributed by atoms with van der Waals surface area (Å²) in [6, 6.07) is 15.6. The molecule has 0 saturated carbocycles. The monoisotopic (exact) mass is 440 g/mol. The summed E-state index contributed by atoms with van der Waals surface area (Å²) in [6.45, 7) is 1.91. The van der Waals surface area contributed by atoms with E-state index in [9.17, 15) is 9.59 Å². The van der Waals surface area contributed by atoms with Crippen molar-refractivity contribution in [3.05, 3.63) is 59.7 Å². The number of ether oxygens (including phenoxy) is 2. The van der Waals surface area contributed by atoms with Crippen molar-refractivity contribution in [1.29, 1.82) is 0 Å². The van der Waals surface area contributed by atoms with Gasteiger partial charge >= 0.3 is 0 Å². The number of hydrogen-bond donors (Lipinski definition) is 0. The van der Waals surface area contributed by atoms with Crippen molar-refractivity contribution in [2.45, 2.75) is 24.1 Å². The maximum Gasteiger partial charge on any atom is 0.261 e. The Bertz CT molecular complexity index is 920. The van der Waals surface area contributed by atoms with Gasteiger partial charge in [0, 0.05) is 19.6 Å². The lowest BCUT2D eigenvalue weighted by Crippen LogP contribution is -2.53. The highest BCUT2D eigenvalue weighted by atomic mass is 32.2. The van der Waals surface area contributed by atoms with Crippen molar-refractivity contribution in [3.8, 4) is 11.5 Å². The predicted octanol–water partition coefficient (Wildman–Crippen LogP) is 3.45. The Morgan fingerprint density at radius 3 is 2.26 bits per heavy atom. The maximum absolute atomic E-state index is 13.3. The number of piperidine rings is 1. The molecule has 0 radical (unpaired) electrons. The predicted molar refractivity (Wildman–Crippen MR) is 122 cm³/mol. The summed E-state index contributed by atoms with van der Waals surface area (Å²) in [4.78, 5) is 29.7. The van der Waals surface area contributed by atoms with Gasteiger partial charge in [-0.2, -0.15) is 0 Å². The highest BCUT2D eigenvalue weighted by Crippen LogP contribution is 2.45. The Hall–Kier alpha value is -2.67. The normalized spacial score (nSPS) is 17.8. The van der Waals surface area contributed by atoms with Crippen LogP contribution in [0.25, 0.3) is 0 Å². The second-order valence-electron chi connectivity index (χ2n) is 7.85. The molecule has 0 atom stereocenters. The van der Waals surface area contributed by atoms with Crippen molar-refractivity contribution < 1.29 is 19.1 Å². The first kappa shape index (κ1) is 21.6. The van der Waals surface area contributed by atoms with Crippen LogP contribution in [0.15, 0.2) is 48.5 Å². The molecule has 0 N–H and O–H groups in total. The van der Waals surface area contributed by atoms with Crippen LogP contribution < -0.4 is 9.47 Å². The van der Waals surface area contributed by atoms with Crippen molar-refractivity contribution in [2.24, 2.45) is 0 Å². The number of carbonyl (C=O) groups is 2. The van der Waals surface area contributed by atoms with Crippen molar-refractivity contribution in [3.63, 3.8) is 0 Å². The van der Waals surface area contributed by atoms with Gasteiger partial charge in [-0.3, -0.25) is 9.59 Å². The minimum absolute atomic E-state index is 0.0886. The van der Waals surface area contributed by atoms with Crippen LogP contribution in [0.5, 0.6) is 11.5 Å². The molecule has 2 heterocycles. The summed E-state index contributed by atoms with van der Waals surface area (Å²) < 4.78 is 10.8. The molecule has 31 heavy (non-hydrogen) atoms. The molecule has 4 rings (SSSR count). The van der Waals surface area contributed by atoms with E-state index in [-0.39, 0.29) is 16.7 Å². The minimum Gasteiger partial charge on any atom is -0.496 e. The lowest BCUT2D eigenvalue weighted by Gasteiger charge is -2.44. The molecule has 164 valence electrons. The lowest BCUT2D eigenvalue weighted by atomic mass is 10.00. The second kappa shape index (κ2) is 9.22. The van der Waals surface area contributed by atoms with Crippen molar-refractivity contribution >= 4 is 23.6 Å². The van der Waals surface area contributed by atoms with Crippen molar-refractivity contribution in [2.75, 3.05) is 39.6 Å². The third kappa shape index (κ3) is 4.24. The Balaban J connectivity index is 1.46. The van der Waals surface area contributed by atoms with Gasteiger partial charge in [0.05, 0.1) is 24.8 Å². The summed E-state index contributed by atoms with van der Waals surface area (Å²) in [5.41, 5.74) is 1.69. The van der Waals surface area contributed by atoms with E-state index in [1.54, 1.807) is 38.1 Å². The van der Waals surface area contributed by atoms with Crippen LogP contribution in [0.3, 0.4) is 0 Å². The highest BCUT2D eigenvalue weighted by Gasteiger charge is 2.48. The van der Waals surface area contributed by atoms with Gasteiger partial charge in [0.2, 0.25) is 5.91 Å². The van der Waals surface area contributed by atoms with Crippen LogP contribution in [0.2, 0.25) is 0 Å². The molecular weight excluding hydrogens is 412 g/mol. The number of rotatable bonds is 6. The van der Waals surface area contributed by atoms with E-state index in [0.717, 1.165) is 19.3 Å². The van der Waals surface area contributed by atoms with Gasteiger partial charge in [-0.15, -0.1) is 11.8 Å². The first-order valence-corrected chi connectivity index (χ1v) is 11.5. The van der Waals surface area contributed by atoms with Gasteiger partial charge in [-0.1, -0.05) is 36.4 Å². The fourth-order valence-electron chi connectivity index (χ4n) is 4.49. The van der Waals surface area contributed by atoms with E-state index in [1.165, 1.54) is 5.56 Å². The molecular formula is C24H28N2O4S. The molecule has 2 aromatic carbocycles. The Morgan fingerprint density at radius 2 is 1.65 bits per heavy atom. The molecule has 2 fully saturated rings. The van der Waals surface area contributed by atoms with Gasteiger partial charge < -0.3 is 19.3 Å². The zero-order chi connectivity index (χ0) is 21.8. The second-order valence-corrected chi connectivity index (χ2v) is 9.18. The van der Waals surface area contributed by atoms with Crippen LogP contribution >= 0.6 is 11.8 Å². The third-order valence-electron chi connectivity index (χ3n) is 6.20. The number of likely N-dealkylation sites (tertiary alicyclic amines) is 1. The first-order valence-electron chi connectivity index (χ1n) is 10.6. The number of benzene rings is 2. The molecule has 6 nitrogen and oxygen atoms in total. The largest absolute Gasteiger partial charge is 0.496 e. The van der Waals surface area contributed by atoms with E-state index in [1.807, 2.05) is 29.2 Å². The first-order chi connectivity index (χ1) is 15.1. The summed E-state index contributed by atoms with van der Waals surface area (Å²) in [5, 5.41) is 0. The maximum atomic E-state index is 13.3. The number of nitrogens with zero attached hydrogens (tertiary/aromatic N) is 2. The average molecular weight is 441 g/mol. The molecule has 0 aliphatic carbocycles. The molecule has 2 aliphatic rings. The van der Waals surface area contributed by atoms with Gasteiger partial charge in [0.15, 0.2) is 0 Å². The number of hydrogen-bond acceptors (Lipinski definition) is 5. The third-order valence-corrected chi connectivity index (χ3v) is 7.76. The molecule has 0 aromatic heterocycles. The zero-order valence-electron chi connectivity index (χ0n) is 18.0. The quantitative estimate of drug-likeness (QED) is 0.689. The zero-order valence-corrected chi connectivity index (χ0v) is 18.8. The standard InChI is InChI=1S/C24H28N2O4S/c1-29-19-9-6-10-20(30-2)22(19)23(28)25-15-12-24(13-16-25)26(21(27)17-31-24)14-11-18-7-4-3-5-8-18/h3-10H,11-17H2,1-2H3. The molecule has 2 amide bonds. The SMILES string of the molecule is COc1cccc(OC)c1C(=O)N1CCC2(CC1)SCC(=O)N2CCc1ccccc1. The fraction of sp³-hybridized carbons (Fsp3) is 0.417. The summed E-state index contributed by atoms with van der Waals surface area (Å²) in [5.74, 6) is 1.66. The van der Waals surface area contributed by atoms with Crippen LogP contribution in [-0.2, 0) is 11.2 Å². The number of amides is 2. The Morgan fingerprint density at radius 1 is 1.00 bits per heavy atom. The van der Waals surface area contributed by atoms with Crippen molar-refractivity contribution in [1.82, 2.24) is 9.80 Å². The van der Waals surface area contributed by atoms with Crippen LogP contribution in [0.1, 0.15) is 28.8 Å². The van der Waals surface area contributed by atoms with Gasteiger partial charge in [-0.05, 0) is 37.0 Å². The average Bonchev–Trinajstić information content (AvgIpc) is 3.12. The molecule has 2 saturated heterocycles. The topological polar surface area (TPSA) is 59.1 Å². The fourth-order valence-corrected chi connectivity index (χ4v) is 5.85. The highest BCUT2D eigenvalue weighted by molar-refractivity contribution is 8.01. The molecule has 1 spiro atoms. The molecule has 0 unspecified atom stereocenters. The van der Waals surface area contributed by atoms with Gasteiger partial charge in [0.25, 0.3) is 5.91 Å². The molecule has 7 heteroatoms. The van der Waals surface area contributed by atoms with E-state index >= 15 is 0 Å².